The number of hydrogen-bond donors (Lipinski definition) is 1. The number of ether oxygens (including phenoxy) is 2. The van der Waals surface area contributed by atoms with E-state index in [1.807, 2.05) is 6.07 Å². The van der Waals surface area contributed by atoms with Crippen molar-refractivity contribution in [3.8, 4) is 11.5 Å². The van der Waals surface area contributed by atoms with E-state index in [0.717, 1.165) is 36.2 Å². The number of fused-ring (bicyclic) bond motifs is 1. The lowest BCUT2D eigenvalue weighted by Crippen LogP contribution is -2.32. The summed E-state index contributed by atoms with van der Waals surface area (Å²) in [6.07, 6.45) is 1.16. The van der Waals surface area contributed by atoms with Crippen molar-refractivity contribution in [1.29, 1.82) is 0 Å². The maximum Gasteiger partial charge on any atom is 0.334 e. The van der Waals surface area contributed by atoms with Crippen molar-refractivity contribution in [1.82, 2.24) is 10.4 Å². The molecule has 1 unspecified atom stereocenters. The average molecular weight is 453 g/mol. The molecule has 1 aromatic rings. The summed E-state index contributed by atoms with van der Waals surface area (Å²) in [6, 6.07) is 6.64. The number of carbonyl (C=O) groups is 4. The zero-order chi connectivity index (χ0) is 22.8. The van der Waals surface area contributed by atoms with E-state index in [4.69, 9.17) is 9.47 Å². The number of hydroxylamine groups is 2. The van der Waals surface area contributed by atoms with Crippen LogP contribution in [0.4, 0.5) is 0 Å². The molecule has 1 fully saturated rings. The Bertz CT molecular complexity index is 799. The van der Waals surface area contributed by atoms with Gasteiger partial charge in [0, 0.05) is 31.6 Å². The molecule has 1 saturated heterocycles. The van der Waals surface area contributed by atoms with E-state index in [2.05, 4.69) is 36.1 Å². The van der Waals surface area contributed by atoms with Crippen LogP contribution in [0.5, 0.6) is 11.5 Å². The second-order valence-electron chi connectivity index (χ2n) is 6.99. The van der Waals surface area contributed by atoms with Gasteiger partial charge in [-0.2, -0.15) is 0 Å². The van der Waals surface area contributed by atoms with E-state index in [0.29, 0.717) is 17.9 Å². The highest BCUT2D eigenvalue weighted by atomic mass is 32.2. The molecule has 9 nitrogen and oxygen atoms in total. The summed E-state index contributed by atoms with van der Waals surface area (Å²) in [5, 5.41) is 3.79. The number of nitrogens with one attached hydrogen (secondary N) is 1. The van der Waals surface area contributed by atoms with Gasteiger partial charge in [-0.15, -0.1) is 5.06 Å². The number of rotatable bonds is 8. The smallest absolute Gasteiger partial charge is 0.334 e. The summed E-state index contributed by atoms with van der Waals surface area (Å²) in [7, 11) is 0. The van der Waals surface area contributed by atoms with E-state index in [9.17, 15) is 19.2 Å². The Morgan fingerprint density at radius 3 is 2.52 bits per heavy atom. The quantitative estimate of drug-likeness (QED) is 0.593. The van der Waals surface area contributed by atoms with E-state index in [-0.39, 0.29) is 30.1 Å². The molecule has 170 valence electrons. The summed E-state index contributed by atoms with van der Waals surface area (Å²) in [5.74, 6) is 0.322. The SMILES string of the molecule is CC(=O)SCCC(=O)ON1C(=O)CCC1=O.CCNC(C)Cc1ccc2c(c1)OCO2. The third-order valence-electron chi connectivity index (χ3n) is 4.34. The van der Waals surface area contributed by atoms with Crippen LogP contribution in [0.15, 0.2) is 18.2 Å². The Kier molecular flexibility index (Phi) is 9.80. The molecule has 1 atom stereocenters. The molecule has 0 aromatic heterocycles. The first-order valence-corrected chi connectivity index (χ1v) is 11.1. The fourth-order valence-corrected chi connectivity index (χ4v) is 3.48. The fourth-order valence-electron chi connectivity index (χ4n) is 2.93. The Balaban J connectivity index is 0.000000220. The highest BCUT2D eigenvalue weighted by Crippen LogP contribution is 2.32. The molecule has 2 heterocycles. The van der Waals surface area contributed by atoms with Gasteiger partial charge in [-0.05, 0) is 37.6 Å². The molecular formula is C21H28N2O7S. The van der Waals surface area contributed by atoms with Crippen molar-refractivity contribution in [2.45, 2.75) is 52.5 Å². The third-order valence-corrected chi connectivity index (χ3v) is 5.16. The summed E-state index contributed by atoms with van der Waals surface area (Å²) in [4.78, 5) is 48.5. The lowest BCUT2D eigenvalue weighted by molar-refractivity contribution is -0.197. The van der Waals surface area contributed by atoms with Gasteiger partial charge >= 0.3 is 5.97 Å². The minimum atomic E-state index is -0.683. The van der Waals surface area contributed by atoms with Crippen LogP contribution in [0.25, 0.3) is 0 Å². The minimum absolute atomic E-state index is 0.0126. The Labute approximate surface area is 185 Å². The number of thioether (sulfide) groups is 1. The van der Waals surface area contributed by atoms with E-state index in [1.54, 1.807) is 0 Å². The molecule has 0 bridgehead atoms. The zero-order valence-corrected chi connectivity index (χ0v) is 18.8. The molecule has 2 aliphatic rings. The number of imide groups is 1. The van der Waals surface area contributed by atoms with Crippen LogP contribution in [0.2, 0.25) is 0 Å². The number of likely N-dealkylation sites (N-methyl/N-ethyl adjacent to an activating group) is 1. The lowest BCUT2D eigenvalue weighted by Gasteiger charge is -2.12. The van der Waals surface area contributed by atoms with Crippen LogP contribution in [0.3, 0.4) is 0 Å². The summed E-state index contributed by atoms with van der Waals surface area (Å²) < 4.78 is 10.6. The molecular weight excluding hydrogens is 424 g/mol. The zero-order valence-electron chi connectivity index (χ0n) is 18.0. The maximum atomic E-state index is 11.2. The van der Waals surface area contributed by atoms with Crippen molar-refractivity contribution in [3.63, 3.8) is 0 Å². The van der Waals surface area contributed by atoms with Gasteiger partial charge in [0.1, 0.15) is 0 Å². The van der Waals surface area contributed by atoms with Crippen molar-refractivity contribution < 1.29 is 33.5 Å². The molecule has 2 amide bonds. The summed E-state index contributed by atoms with van der Waals surface area (Å²) >= 11 is 0.991. The highest BCUT2D eigenvalue weighted by molar-refractivity contribution is 8.13. The third kappa shape index (κ3) is 8.22. The molecule has 31 heavy (non-hydrogen) atoms. The van der Waals surface area contributed by atoms with E-state index >= 15 is 0 Å². The van der Waals surface area contributed by atoms with Gasteiger partial charge in [0.15, 0.2) is 16.6 Å². The Morgan fingerprint density at radius 1 is 1.19 bits per heavy atom. The standard InChI is InChI=1S/C12H17NO2.C9H11NO5S/c1-3-13-9(2)6-10-4-5-11-12(7-10)15-8-14-11;1-6(11)16-5-4-9(14)15-10-7(12)2-3-8(10)13/h4-5,7,9,13H,3,6,8H2,1-2H3;2-5H2,1H3. The van der Waals surface area contributed by atoms with Gasteiger partial charge in [0.2, 0.25) is 6.79 Å². The fraction of sp³-hybridized carbons (Fsp3) is 0.524. The largest absolute Gasteiger partial charge is 0.454 e. The number of carbonyl (C=O) groups excluding carboxylic acids is 4. The van der Waals surface area contributed by atoms with Crippen molar-refractivity contribution in [3.05, 3.63) is 23.8 Å². The molecule has 10 heteroatoms. The topological polar surface area (TPSA) is 111 Å². The second kappa shape index (κ2) is 12.3. The number of amides is 2. The average Bonchev–Trinajstić information content (AvgIpc) is 3.29. The first-order chi connectivity index (χ1) is 14.8. The monoisotopic (exact) mass is 452 g/mol. The number of hydrogen-bond acceptors (Lipinski definition) is 9. The van der Waals surface area contributed by atoms with Gasteiger partial charge in [0.25, 0.3) is 11.8 Å². The van der Waals surface area contributed by atoms with Crippen LogP contribution < -0.4 is 14.8 Å². The molecule has 2 aliphatic heterocycles. The van der Waals surface area contributed by atoms with Gasteiger partial charge < -0.3 is 19.6 Å². The van der Waals surface area contributed by atoms with Crippen LogP contribution in [-0.2, 0) is 30.4 Å². The maximum absolute atomic E-state index is 11.2. The van der Waals surface area contributed by atoms with Crippen LogP contribution in [-0.4, -0.2) is 53.1 Å². The molecule has 0 spiro atoms. The second-order valence-corrected chi connectivity index (χ2v) is 8.26. The molecule has 0 saturated carbocycles. The summed E-state index contributed by atoms with van der Waals surface area (Å²) in [6.45, 7) is 7.06. The molecule has 1 aromatic carbocycles. The Hall–Kier alpha value is -2.59. The van der Waals surface area contributed by atoms with Crippen LogP contribution in [0, 0.1) is 0 Å². The van der Waals surface area contributed by atoms with Crippen LogP contribution >= 0.6 is 11.8 Å². The molecule has 0 aliphatic carbocycles. The molecule has 3 rings (SSSR count). The number of benzene rings is 1. The van der Waals surface area contributed by atoms with Crippen molar-refractivity contribution in [2.75, 3.05) is 19.1 Å². The van der Waals surface area contributed by atoms with Gasteiger partial charge in [-0.1, -0.05) is 24.8 Å². The minimum Gasteiger partial charge on any atom is -0.454 e. The van der Waals surface area contributed by atoms with Crippen molar-refractivity contribution in [2.24, 2.45) is 0 Å². The van der Waals surface area contributed by atoms with Gasteiger partial charge in [-0.25, -0.2) is 4.79 Å². The normalized spacial score (nSPS) is 15.4. The highest BCUT2D eigenvalue weighted by Gasteiger charge is 2.32. The number of nitrogens with zero attached hydrogens (tertiary/aromatic N) is 1. The molecule has 1 N–H and O–H groups in total. The first kappa shape index (κ1) is 24.7. The van der Waals surface area contributed by atoms with E-state index in [1.165, 1.54) is 12.5 Å². The van der Waals surface area contributed by atoms with Crippen LogP contribution in [0.1, 0.15) is 45.6 Å². The first-order valence-electron chi connectivity index (χ1n) is 10.1. The van der Waals surface area contributed by atoms with Gasteiger partial charge in [0.05, 0.1) is 6.42 Å². The predicted octanol–water partition coefficient (Wildman–Crippen LogP) is 2.22. The lowest BCUT2D eigenvalue weighted by atomic mass is 10.1. The summed E-state index contributed by atoms with van der Waals surface area (Å²) in [5.41, 5.74) is 1.28. The Morgan fingerprint density at radius 2 is 1.87 bits per heavy atom. The molecule has 0 radical (unpaired) electrons. The van der Waals surface area contributed by atoms with E-state index < -0.39 is 17.8 Å². The predicted molar refractivity (Wildman–Crippen MR) is 114 cm³/mol. The van der Waals surface area contributed by atoms with Crippen molar-refractivity contribution >= 4 is 34.7 Å². The van der Waals surface area contributed by atoms with Gasteiger partial charge in [-0.3, -0.25) is 14.4 Å².